The minimum atomic E-state index is -0.938. The predicted molar refractivity (Wildman–Crippen MR) is 83.4 cm³/mol. The van der Waals surface area contributed by atoms with Crippen LogP contribution < -0.4 is 5.32 Å². The molecule has 8 heteroatoms. The molecule has 0 amide bonds. The van der Waals surface area contributed by atoms with E-state index in [0.717, 1.165) is 42.9 Å². The number of aromatic nitrogens is 5. The summed E-state index contributed by atoms with van der Waals surface area (Å²) in [4.78, 5) is 11.4. The van der Waals surface area contributed by atoms with Crippen LogP contribution in [0.4, 0.5) is 0 Å². The number of carbonyl (C=O) groups is 1. The highest BCUT2D eigenvalue weighted by Gasteiger charge is 2.28. The first kappa shape index (κ1) is 15.7. The number of fused-ring (bicyclic) bond motifs is 1. The van der Waals surface area contributed by atoms with Crippen LogP contribution in [-0.2, 0) is 25.9 Å². The number of nitrogens with zero attached hydrogens (tertiary/aromatic N) is 5. The SMILES string of the molecule is CCn1nc(C(=O)O)c2c1CC[C@@H](NCCn1cc(C)nn1)C2. The van der Waals surface area contributed by atoms with Crippen molar-refractivity contribution in [2.45, 2.75) is 52.2 Å². The van der Waals surface area contributed by atoms with Gasteiger partial charge >= 0.3 is 5.97 Å². The first-order valence-electron chi connectivity index (χ1n) is 8.00. The Morgan fingerprint density at radius 1 is 1.52 bits per heavy atom. The fraction of sp³-hybridized carbons (Fsp3) is 0.600. The molecule has 0 bridgehead atoms. The molecule has 1 aliphatic carbocycles. The number of carboxylic acid groups (broad SMARTS) is 1. The number of hydrogen-bond donors (Lipinski definition) is 2. The molecule has 0 aromatic carbocycles. The van der Waals surface area contributed by atoms with Crippen LogP contribution in [-0.4, -0.2) is 48.4 Å². The van der Waals surface area contributed by atoms with E-state index < -0.39 is 5.97 Å². The monoisotopic (exact) mass is 318 g/mol. The predicted octanol–water partition coefficient (Wildman–Crippen LogP) is 0.648. The van der Waals surface area contributed by atoms with Gasteiger partial charge in [-0.1, -0.05) is 5.21 Å². The van der Waals surface area contributed by atoms with E-state index in [1.807, 2.05) is 29.4 Å². The Morgan fingerprint density at radius 2 is 2.35 bits per heavy atom. The van der Waals surface area contributed by atoms with Gasteiger partial charge in [0, 0.05) is 36.6 Å². The van der Waals surface area contributed by atoms with Gasteiger partial charge in [-0.05, 0) is 33.1 Å². The third-order valence-electron chi connectivity index (χ3n) is 4.28. The van der Waals surface area contributed by atoms with Crippen molar-refractivity contribution >= 4 is 5.97 Å². The summed E-state index contributed by atoms with van der Waals surface area (Å²) in [5.41, 5.74) is 3.08. The van der Waals surface area contributed by atoms with Crippen molar-refractivity contribution in [1.29, 1.82) is 0 Å². The average molecular weight is 318 g/mol. The first-order valence-corrected chi connectivity index (χ1v) is 8.00. The molecule has 3 rings (SSSR count). The van der Waals surface area contributed by atoms with Crippen molar-refractivity contribution in [3.63, 3.8) is 0 Å². The van der Waals surface area contributed by atoms with E-state index >= 15 is 0 Å². The molecule has 8 nitrogen and oxygen atoms in total. The zero-order chi connectivity index (χ0) is 16.4. The van der Waals surface area contributed by atoms with Gasteiger partial charge < -0.3 is 10.4 Å². The zero-order valence-corrected chi connectivity index (χ0v) is 13.5. The molecule has 0 aliphatic heterocycles. The smallest absolute Gasteiger partial charge is 0.356 e. The van der Waals surface area contributed by atoms with E-state index in [4.69, 9.17) is 0 Å². The molecule has 0 saturated heterocycles. The molecule has 1 aliphatic rings. The van der Waals surface area contributed by atoms with Crippen LogP contribution in [0.5, 0.6) is 0 Å². The van der Waals surface area contributed by atoms with Gasteiger partial charge in [-0.2, -0.15) is 5.10 Å². The van der Waals surface area contributed by atoms with E-state index in [1.165, 1.54) is 0 Å². The van der Waals surface area contributed by atoms with Crippen LogP contribution in [0.15, 0.2) is 6.20 Å². The lowest BCUT2D eigenvalue weighted by Gasteiger charge is -2.24. The van der Waals surface area contributed by atoms with Crippen LogP contribution >= 0.6 is 0 Å². The lowest BCUT2D eigenvalue weighted by atomic mass is 9.91. The molecule has 1 atom stereocenters. The molecular formula is C15H22N6O2. The molecule has 2 aromatic heterocycles. The van der Waals surface area contributed by atoms with Crippen molar-refractivity contribution in [3.05, 3.63) is 28.8 Å². The second kappa shape index (κ2) is 6.49. The quantitative estimate of drug-likeness (QED) is 0.811. The van der Waals surface area contributed by atoms with Crippen LogP contribution in [0.2, 0.25) is 0 Å². The molecular weight excluding hydrogens is 296 g/mol. The Labute approximate surface area is 134 Å². The van der Waals surface area contributed by atoms with Crippen molar-refractivity contribution in [3.8, 4) is 0 Å². The van der Waals surface area contributed by atoms with Gasteiger partial charge in [-0.25, -0.2) is 4.79 Å². The number of nitrogens with one attached hydrogen (secondary N) is 1. The minimum absolute atomic E-state index is 0.209. The van der Waals surface area contributed by atoms with Gasteiger partial charge in [0.05, 0.1) is 12.2 Å². The van der Waals surface area contributed by atoms with Gasteiger partial charge in [-0.15, -0.1) is 5.10 Å². The Kier molecular flexibility index (Phi) is 4.42. The van der Waals surface area contributed by atoms with Crippen LogP contribution in [0.25, 0.3) is 0 Å². The van der Waals surface area contributed by atoms with Crippen LogP contribution in [0, 0.1) is 6.92 Å². The Bertz CT molecular complexity index is 705. The summed E-state index contributed by atoms with van der Waals surface area (Å²) in [5.74, 6) is -0.938. The lowest BCUT2D eigenvalue weighted by Crippen LogP contribution is -2.37. The van der Waals surface area contributed by atoms with Crippen molar-refractivity contribution < 1.29 is 9.90 Å². The Hall–Kier alpha value is -2.22. The Morgan fingerprint density at radius 3 is 3.00 bits per heavy atom. The molecule has 0 unspecified atom stereocenters. The molecule has 0 radical (unpaired) electrons. The van der Waals surface area contributed by atoms with E-state index in [1.54, 1.807) is 0 Å². The zero-order valence-electron chi connectivity index (χ0n) is 13.5. The second-order valence-corrected chi connectivity index (χ2v) is 5.91. The van der Waals surface area contributed by atoms with Gasteiger partial charge in [0.25, 0.3) is 0 Å². The van der Waals surface area contributed by atoms with E-state index in [0.29, 0.717) is 13.0 Å². The summed E-state index contributed by atoms with van der Waals surface area (Å²) in [6.07, 6.45) is 4.49. The first-order chi connectivity index (χ1) is 11.1. The fourth-order valence-corrected chi connectivity index (χ4v) is 3.18. The molecule has 2 aromatic rings. The minimum Gasteiger partial charge on any atom is -0.476 e. The maximum atomic E-state index is 11.4. The second-order valence-electron chi connectivity index (χ2n) is 5.91. The van der Waals surface area contributed by atoms with Crippen molar-refractivity contribution in [1.82, 2.24) is 30.1 Å². The van der Waals surface area contributed by atoms with Gasteiger partial charge in [0.1, 0.15) is 0 Å². The Balaban J connectivity index is 1.63. The summed E-state index contributed by atoms with van der Waals surface area (Å²) < 4.78 is 3.64. The van der Waals surface area contributed by atoms with Crippen LogP contribution in [0.3, 0.4) is 0 Å². The highest BCUT2D eigenvalue weighted by molar-refractivity contribution is 5.87. The van der Waals surface area contributed by atoms with E-state index in [9.17, 15) is 9.90 Å². The lowest BCUT2D eigenvalue weighted by molar-refractivity contribution is 0.0688. The largest absolute Gasteiger partial charge is 0.476 e. The summed E-state index contributed by atoms with van der Waals surface area (Å²) in [6.45, 7) is 6.15. The normalized spacial score (nSPS) is 17.2. The highest BCUT2D eigenvalue weighted by atomic mass is 16.4. The topological polar surface area (TPSA) is 97.9 Å². The molecule has 2 N–H and O–H groups in total. The number of aromatic carboxylic acids is 1. The van der Waals surface area contributed by atoms with Crippen molar-refractivity contribution in [2.24, 2.45) is 0 Å². The molecule has 124 valence electrons. The summed E-state index contributed by atoms with van der Waals surface area (Å²) in [6, 6.07) is 0.278. The molecule has 0 fully saturated rings. The maximum absolute atomic E-state index is 11.4. The van der Waals surface area contributed by atoms with Gasteiger partial charge in [0.15, 0.2) is 5.69 Å². The van der Waals surface area contributed by atoms with E-state index in [2.05, 4.69) is 20.7 Å². The maximum Gasteiger partial charge on any atom is 0.356 e. The fourth-order valence-electron chi connectivity index (χ4n) is 3.18. The van der Waals surface area contributed by atoms with Crippen molar-refractivity contribution in [2.75, 3.05) is 6.54 Å². The summed E-state index contributed by atoms with van der Waals surface area (Å²) in [7, 11) is 0. The number of aryl methyl sites for hydroxylation is 2. The highest BCUT2D eigenvalue weighted by Crippen LogP contribution is 2.25. The molecule has 0 spiro atoms. The summed E-state index contributed by atoms with van der Waals surface area (Å²) >= 11 is 0. The molecule has 23 heavy (non-hydrogen) atoms. The number of carboxylic acids is 1. The van der Waals surface area contributed by atoms with Crippen LogP contribution in [0.1, 0.15) is 40.8 Å². The van der Waals surface area contributed by atoms with Gasteiger partial charge in [0.2, 0.25) is 0 Å². The average Bonchev–Trinajstić information content (AvgIpc) is 3.10. The third-order valence-corrected chi connectivity index (χ3v) is 4.28. The standard InChI is InChI=1S/C15H22N6O2/c1-3-21-13-5-4-11(8-12(13)14(18-21)15(22)23)16-6-7-20-9-10(2)17-19-20/h9,11,16H,3-8H2,1-2H3,(H,22,23)/t11-/m1/s1. The molecule has 0 saturated carbocycles. The summed E-state index contributed by atoms with van der Waals surface area (Å²) in [5, 5.41) is 25.1. The third kappa shape index (κ3) is 3.26. The molecule has 2 heterocycles. The van der Waals surface area contributed by atoms with E-state index in [-0.39, 0.29) is 11.7 Å². The number of rotatable bonds is 6. The van der Waals surface area contributed by atoms with Gasteiger partial charge in [-0.3, -0.25) is 9.36 Å². The number of hydrogen-bond acceptors (Lipinski definition) is 5.